The van der Waals surface area contributed by atoms with Crippen LogP contribution in [-0.2, 0) is 0 Å². The summed E-state index contributed by atoms with van der Waals surface area (Å²) < 4.78 is 0. The Morgan fingerprint density at radius 1 is 1.83 bits per heavy atom. The summed E-state index contributed by atoms with van der Waals surface area (Å²) in [7, 11) is 0. The molecule has 1 amide bonds. The van der Waals surface area contributed by atoms with Gasteiger partial charge in [-0.1, -0.05) is 0 Å². The van der Waals surface area contributed by atoms with Crippen molar-refractivity contribution in [2.24, 2.45) is 5.73 Å². The fraction of sp³-hybridized carbons (Fsp3) is 0.429. The van der Waals surface area contributed by atoms with E-state index < -0.39 is 0 Å². The van der Waals surface area contributed by atoms with Gasteiger partial charge >= 0.3 is 0 Å². The number of aromatic nitrogens is 1. The largest absolute Gasteiger partial charge is 0.347 e. The number of nitrogens with zero attached hydrogens (tertiary/aromatic N) is 1. The highest BCUT2D eigenvalue weighted by atomic mass is 32.1. The van der Waals surface area contributed by atoms with Crippen molar-refractivity contribution in [3.63, 3.8) is 0 Å². The van der Waals surface area contributed by atoms with Gasteiger partial charge < -0.3 is 11.1 Å². The molecule has 3 N–H and O–H groups in total. The first-order valence-electron chi connectivity index (χ1n) is 3.72. The molecule has 0 aliphatic heterocycles. The number of carbonyl (C=O) groups is 1. The summed E-state index contributed by atoms with van der Waals surface area (Å²) in [6, 6.07) is 0.335. The minimum atomic E-state index is -0.0598. The Bertz CT molecular complexity index is 285. The Morgan fingerprint density at radius 3 is 3.08 bits per heavy atom. The summed E-state index contributed by atoms with van der Waals surface area (Å²) in [5, 5.41) is 2.81. The first-order valence-corrected chi connectivity index (χ1v) is 4.60. The van der Waals surface area contributed by atoms with Crippen LogP contribution in [0.3, 0.4) is 0 Å². The van der Waals surface area contributed by atoms with Crippen LogP contribution in [0.1, 0.15) is 16.1 Å². The van der Waals surface area contributed by atoms with Gasteiger partial charge in [-0.05, 0) is 6.42 Å². The van der Waals surface area contributed by atoms with Gasteiger partial charge in [0.1, 0.15) is 4.88 Å². The molecule has 0 saturated heterocycles. The molecule has 64 valence electrons. The molecule has 1 fully saturated rings. The molecular formula is C7H9N3OS. The van der Waals surface area contributed by atoms with Crippen molar-refractivity contribution >= 4 is 17.2 Å². The lowest BCUT2D eigenvalue weighted by Gasteiger charge is -1.98. The number of nitrogens with one attached hydrogen (secondary N) is 1. The summed E-state index contributed by atoms with van der Waals surface area (Å²) in [6.07, 6.45) is 2.46. The monoisotopic (exact) mass is 183 g/mol. The van der Waals surface area contributed by atoms with Crippen molar-refractivity contribution in [3.8, 4) is 0 Å². The highest BCUT2D eigenvalue weighted by molar-refractivity contribution is 7.11. The van der Waals surface area contributed by atoms with E-state index in [0.717, 1.165) is 6.42 Å². The van der Waals surface area contributed by atoms with Crippen LogP contribution in [0.25, 0.3) is 0 Å². The first-order chi connectivity index (χ1) is 5.77. The predicted molar refractivity (Wildman–Crippen MR) is 46.0 cm³/mol. The zero-order valence-corrected chi connectivity index (χ0v) is 7.17. The molecule has 5 heteroatoms. The molecule has 1 aliphatic carbocycles. The van der Waals surface area contributed by atoms with Gasteiger partial charge in [0.25, 0.3) is 5.91 Å². The van der Waals surface area contributed by atoms with Crippen molar-refractivity contribution in [1.82, 2.24) is 10.3 Å². The number of carbonyl (C=O) groups excluding carboxylic acids is 1. The quantitative estimate of drug-likeness (QED) is 0.676. The maximum Gasteiger partial charge on any atom is 0.263 e. The van der Waals surface area contributed by atoms with Gasteiger partial charge in [-0.3, -0.25) is 9.78 Å². The van der Waals surface area contributed by atoms with Crippen LogP contribution in [0.5, 0.6) is 0 Å². The fourth-order valence-corrected chi connectivity index (χ4v) is 1.47. The number of nitrogens with two attached hydrogens (primary N) is 1. The molecule has 1 saturated carbocycles. The van der Waals surface area contributed by atoms with Gasteiger partial charge in [0.15, 0.2) is 0 Å². The van der Waals surface area contributed by atoms with Gasteiger partial charge in [-0.2, -0.15) is 0 Å². The molecule has 1 aromatic heterocycles. The molecule has 0 bridgehead atoms. The average Bonchev–Trinajstić information content (AvgIpc) is 2.58. The van der Waals surface area contributed by atoms with Gasteiger partial charge in [0, 0.05) is 12.1 Å². The topological polar surface area (TPSA) is 68.0 Å². The second-order valence-electron chi connectivity index (χ2n) is 2.85. The lowest BCUT2D eigenvalue weighted by atomic mass is 10.5. The number of rotatable bonds is 2. The van der Waals surface area contributed by atoms with Gasteiger partial charge in [0.2, 0.25) is 0 Å². The third-order valence-electron chi connectivity index (χ3n) is 1.81. The number of amides is 1. The van der Waals surface area contributed by atoms with Crippen LogP contribution >= 0.6 is 11.3 Å². The minimum absolute atomic E-state index is 0.0598. The van der Waals surface area contributed by atoms with Crippen molar-refractivity contribution in [2.75, 3.05) is 0 Å². The predicted octanol–water partition coefficient (Wildman–Crippen LogP) is -0.0275. The molecule has 0 aromatic carbocycles. The lowest BCUT2D eigenvalue weighted by molar-refractivity contribution is 0.0954. The molecule has 2 rings (SSSR count). The van der Waals surface area contributed by atoms with Crippen molar-refractivity contribution < 1.29 is 4.79 Å². The molecule has 4 nitrogen and oxygen atoms in total. The summed E-state index contributed by atoms with van der Waals surface area (Å²) in [6.45, 7) is 0. The van der Waals surface area contributed by atoms with Gasteiger partial charge in [-0.15, -0.1) is 11.3 Å². The zero-order chi connectivity index (χ0) is 8.55. The van der Waals surface area contributed by atoms with Crippen LogP contribution in [0.15, 0.2) is 11.7 Å². The summed E-state index contributed by atoms with van der Waals surface area (Å²) in [5.74, 6) is -0.0598. The van der Waals surface area contributed by atoms with Crippen molar-refractivity contribution in [2.45, 2.75) is 18.5 Å². The van der Waals surface area contributed by atoms with E-state index in [1.165, 1.54) is 11.3 Å². The van der Waals surface area contributed by atoms with E-state index in [-0.39, 0.29) is 18.0 Å². The van der Waals surface area contributed by atoms with E-state index in [1.54, 1.807) is 11.7 Å². The van der Waals surface area contributed by atoms with E-state index >= 15 is 0 Å². The van der Waals surface area contributed by atoms with E-state index in [2.05, 4.69) is 10.3 Å². The van der Waals surface area contributed by atoms with E-state index in [9.17, 15) is 4.79 Å². The highest BCUT2D eigenvalue weighted by Gasteiger charge is 2.34. The molecule has 2 unspecified atom stereocenters. The normalized spacial score (nSPS) is 26.8. The molecule has 1 heterocycles. The molecule has 1 aromatic rings. The van der Waals surface area contributed by atoms with E-state index in [4.69, 9.17) is 5.73 Å². The van der Waals surface area contributed by atoms with E-state index in [0.29, 0.717) is 4.88 Å². The summed E-state index contributed by atoms with van der Waals surface area (Å²) >= 11 is 1.34. The second kappa shape index (κ2) is 2.84. The second-order valence-corrected chi connectivity index (χ2v) is 3.73. The Hall–Kier alpha value is -0.940. The first kappa shape index (κ1) is 7.70. The third-order valence-corrected chi connectivity index (χ3v) is 2.58. The fourth-order valence-electron chi connectivity index (χ4n) is 0.948. The van der Waals surface area contributed by atoms with Crippen LogP contribution in [0, 0.1) is 0 Å². The minimum Gasteiger partial charge on any atom is -0.347 e. The maximum absolute atomic E-state index is 11.3. The standard InChI is InChI=1S/C7H9N3OS/c8-4-1-5(4)10-7(11)6-2-9-3-12-6/h2-5H,1,8H2,(H,10,11). The SMILES string of the molecule is NC1CC1NC(=O)c1cncs1. The zero-order valence-electron chi connectivity index (χ0n) is 6.36. The summed E-state index contributed by atoms with van der Waals surface area (Å²) in [4.78, 5) is 15.8. The van der Waals surface area contributed by atoms with Crippen LogP contribution in [-0.4, -0.2) is 23.0 Å². The van der Waals surface area contributed by atoms with Crippen LogP contribution in [0.4, 0.5) is 0 Å². The molecule has 0 spiro atoms. The third kappa shape index (κ3) is 1.46. The number of thiazole rings is 1. The van der Waals surface area contributed by atoms with Crippen LogP contribution < -0.4 is 11.1 Å². The molecule has 2 atom stereocenters. The molecular weight excluding hydrogens is 174 g/mol. The lowest BCUT2D eigenvalue weighted by Crippen LogP contribution is -2.28. The Labute approximate surface area is 73.8 Å². The molecule has 12 heavy (non-hydrogen) atoms. The highest BCUT2D eigenvalue weighted by Crippen LogP contribution is 2.18. The maximum atomic E-state index is 11.3. The Morgan fingerprint density at radius 2 is 2.58 bits per heavy atom. The number of hydrogen-bond acceptors (Lipinski definition) is 4. The van der Waals surface area contributed by atoms with Crippen molar-refractivity contribution in [1.29, 1.82) is 0 Å². The van der Waals surface area contributed by atoms with E-state index in [1.807, 2.05) is 0 Å². The van der Waals surface area contributed by atoms with Gasteiger partial charge in [-0.25, -0.2) is 0 Å². The number of hydrogen-bond donors (Lipinski definition) is 2. The smallest absolute Gasteiger partial charge is 0.263 e. The Balaban J connectivity index is 1.93. The average molecular weight is 183 g/mol. The Kier molecular flexibility index (Phi) is 1.82. The van der Waals surface area contributed by atoms with Crippen LogP contribution in [0.2, 0.25) is 0 Å². The molecule has 1 aliphatic rings. The molecule has 0 radical (unpaired) electrons. The van der Waals surface area contributed by atoms with Gasteiger partial charge in [0.05, 0.1) is 11.7 Å². The van der Waals surface area contributed by atoms with Crippen molar-refractivity contribution in [3.05, 3.63) is 16.6 Å². The summed E-state index contributed by atoms with van der Waals surface area (Å²) in [5.41, 5.74) is 7.18.